The van der Waals surface area contributed by atoms with Gasteiger partial charge in [0.15, 0.2) is 11.2 Å². The number of pyridine rings is 8. The molecule has 10 aromatic heterocycles. The summed E-state index contributed by atoms with van der Waals surface area (Å²) in [5.41, 5.74) is 23.2. The van der Waals surface area contributed by atoms with Crippen LogP contribution < -0.4 is 0 Å². The van der Waals surface area contributed by atoms with Gasteiger partial charge in [-0.3, -0.25) is 39.9 Å². The summed E-state index contributed by atoms with van der Waals surface area (Å²) >= 11 is 0. The maximum atomic E-state index is 6.70. The van der Waals surface area contributed by atoms with Crippen molar-refractivity contribution < 1.29 is 8.83 Å². The van der Waals surface area contributed by atoms with Crippen LogP contribution in [0.3, 0.4) is 0 Å². The van der Waals surface area contributed by atoms with E-state index in [4.69, 9.17) is 48.7 Å². The molecule has 0 radical (unpaired) electrons. The van der Waals surface area contributed by atoms with Gasteiger partial charge in [0.1, 0.15) is 22.2 Å². The molecule has 0 atom stereocenters. The van der Waals surface area contributed by atoms with Crippen LogP contribution in [0.25, 0.3) is 156 Å². The van der Waals surface area contributed by atoms with Gasteiger partial charge in [-0.15, -0.1) is 0 Å². The molecule has 10 heteroatoms. The summed E-state index contributed by atoms with van der Waals surface area (Å²) in [6.07, 6.45) is 14.7. The van der Waals surface area contributed by atoms with Gasteiger partial charge < -0.3 is 8.83 Å². The van der Waals surface area contributed by atoms with Crippen LogP contribution in [0.4, 0.5) is 0 Å². The minimum atomic E-state index is 0.714. The summed E-state index contributed by atoms with van der Waals surface area (Å²) in [6.45, 7) is 0. The molecule has 0 fully saturated rings. The highest BCUT2D eigenvalue weighted by Crippen LogP contribution is 2.46. The zero-order chi connectivity index (χ0) is 52.9. The van der Waals surface area contributed by atoms with E-state index >= 15 is 0 Å². The Hall–Kier alpha value is -11.1. The number of benzene rings is 5. The fourth-order valence-corrected chi connectivity index (χ4v) is 11.0. The largest absolute Gasteiger partial charge is 0.454 e. The van der Waals surface area contributed by atoms with E-state index in [2.05, 4.69) is 72.8 Å². The van der Waals surface area contributed by atoms with Crippen LogP contribution in [0.5, 0.6) is 0 Å². The number of hydrogen-bond donors (Lipinski definition) is 0. The van der Waals surface area contributed by atoms with Gasteiger partial charge >= 0.3 is 0 Å². The molecule has 5 aromatic carbocycles. The predicted molar refractivity (Wildman–Crippen MR) is 318 cm³/mol. The first kappa shape index (κ1) is 46.2. The zero-order valence-electron chi connectivity index (χ0n) is 42.6. The molecule has 0 amide bonds. The molecule has 374 valence electrons. The second kappa shape index (κ2) is 19.5. The van der Waals surface area contributed by atoms with Gasteiger partial charge in [0.25, 0.3) is 0 Å². The lowest BCUT2D eigenvalue weighted by Gasteiger charge is -2.17. The van der Waals surface area contributed by atoms with Gasteiger partial charge in [-0.2, -0.15) is 0 Å². The van der Waals surface area contributed by atoms with Gasteiger partial charge in [0.05, 0.1) is 34.2 Å². The van der Waals surface area contributed by atoms with Crippen molar-refractivity contribution in [2.45, 2.75) is 0 Å². The molecule has 0 unspecified atom stereocenters. The number of rotatable bonds is 10. The average molecular weight is 1030 g/mol. The fraction of sp³-hybridized carbons (Fsp3) is 0. The third-order valence-corrected chi connectivity index (χ3v) is 14.8. The predicted octanol–water partition coefficient (Wildman–Crippen LogP) is 17.3. The Bertz CT molecular complexity index is 4360. The summed E-state index contributed by atoms with van der Waals surface area (Å²) in [6, 6.07) is 69.8. The fourth-order valence-electron chi connectivity index (χ4n) is 11.0. The lowest BCUT2D eigenvalue weighted by atomic mass is 9.89. The minimum absolute atomic E-state index is 0.714. The van der Waals surface area contributed by atoms with Crippen LogP contribution in [0.15, 0.2) is 265 Å². The highest BCUT2D eigenvalue weighted by molar-refractivity contribution is 6.11. The van der Waals surface area contributed by atoms with Crippen LogP contribution in [-0.2, 0) is 0 Å². The summed E-state index contributed by atoms with van der Waals surface area (Å²) in [4.78, 5) is 38.8. The Morgan fingerprint density at radius 1 is 0.225 bits per heavy atom. The van der Waals surface area contributed by atoms with Crippen molar-refractivity contribution in [3.05, 3.63) is 256 Å². The Morgan fingerprint density at radius 3 is 0.850 bits per heavy atom. The summed E-state index contributed by atoms with van der Waals surface area (Å²) in [7, 11) is 0. The Labute approximate surface area is 458 Å². The van der Waals surface area contributed by atoms with Gasteiger partial charge in [-0.05, 0) is 167 Å². The van der Waals surface area contributed by atoms with E-state index < -0.39 is 0 Å². The van der Waals surface area contributed by atoms with Gasteiger partial charge in [-0.1, -0.05) is 72.8 Å². The van der Waals surface area contributed by atoms with Crippen LogP contribution in [-0.4, -0.2) is 39.9 Å². The van der Waals surface area contributed by atoms with E-state index in [0.29, 0.717) is 11.2 Å². The summed E-state index contributed by atoms with van der Waals surface area (Å²) < 4.78 is 13.4. The lowest BCUT2D eigenvalue weighted by molar-refractivity contribution is 0.669. The Kier molecular flexibility index (Phi) is 11.3. The molecule has 0 saturated heterocycles. The standard InChI is InChI=1S/C70H42N8O2/c1-7-29-71-57(13-1)51-39-47(40-52(58-14-2-8-30-72-58)65(51)61-17-5-11-33-75-61)45-23-25-63-55(37-45)67-69(79-63)49(27-35-77-67)43-19-21-44(22-20-43)50-28-36-78-68-56-38-46(24-26-64(56)80-70(50)68)48-41-53(59-15-3-9-31-73-59)66(62-18-6-12-34-76-62)54(42-48)60-16-4-10-32-74-60/h1-42H. The molecule has 0 aliphatic heterocycles. The zero-order valence-corrected chi connectivity index (χ0v) is 42.6. The van der Waals surface area contributed by atoms with Crippen molar-refractivity contribution in [3.8, 4) is 112 Å². The average Bonchev–Trinajstić information content (AvgIpc) is 4.12. The molecule has 0 aliphatic rings. The van der Waals surface area contributed by atoms with Crippen LogP contribution >= 0.6 is 0 Å². The molecule has 15 aromatic rings. The topological polar surface area (TPSA) is 129 Å². The Balaban J connectivity index is 0.792. The molecular formula is C70H42N8O2. The molecule has 0 aliphatic carbocycles. The summed E-state index contributed by atoms with van der Waals surface area (Å²) in [5.74, 6) is 0. The van der Waals surface area contributed by atoms with Crippen molar-refractivity contribution in [2.24, 2.45) is 0 Å². The van der Waals surface area contributed by atoms with Crippen LogP contribution in [0, 0.1) is 0 Å². The molecule has 80 heavy (non-hydrogen) atoms. The molecule has 10 nitrogen and oxygen atoms in total. The summed E-state index contributed by atoms with van der Waals surface area (Å²) in [5, 5.41) is 1.83. The van der Waals surface area contributed by atoms with E-state index in [1.54, 1.807) is 0 Å². The number of nitrogens with zero attached hydrogens (tertiary/aromatic N) is 8. The maximum Gasteiger partial charge on any atom is 0.161 e. The van der Waals surface area contributed by atoms with Gasteiger partial charge in [0.2, 0.25) is 0 Å². The molecule has 15 rings (SSSR count). The first-order valence-corrected chi connectivity index (χ1v) is 26.3. The van der Waals surface area contributed by atoms with Crippen molar-refractivity contribution in [3.63, 3.8) is 0 Å². The maximum absolute atomic E-state index is 6.70. The van der Waals surface area contributed by atoms with Crippen molar-refractivity contribution >= 4 is 44.1 Å². The van der Waals surface area contributed by atoms with Crippen molar-refractivity contribution in [1.82, 2.24) is 39.9 Å². The molecule has 0 bridgehead atoms. The van der Waals surface area contributed by atoms with Crippen molar-refractivity contribution in [2.75, 3.05) is 0 Å². The Morgan fingerprint density at radius 2 is 0.537 bits per heavy atom. The van der Waals surface area contributed by atoms with E-state index in [9.17, 15) is 0 Å². The third-order valence-electron chi connectivity index (χ3n) is 14.8. The van der Waals surface area contributed by atoms with E-state index in [1.165, 1.54) is 0 Å². The van der Waals surface area contributed by atoms with E-state index in [1.807, 2.05) is 183 Å². The number of furan rings is 2. The normalized spacial score (nSPS) is 11.5. The second-order valence-corrected chi connectivity index (χ2v) is 19.5. The lowest BCUT2D eigenvalue weighted by Crippen LogP contribution is -1.96. The van der Waals surface area contributed by atoms with Crippen LogP contribution in [0.1, 0.15) is 0 Å². The monoisotopic (exact) mass is 1030 g/mol. The molecule has 0 saturated carbocycles. The van der Waals surface area contributed by atoms with E-state index in [-0.39, 0.29) is 0 Å². The number of fused-ring (bicyclic) bond motifs is 6. The third kappa shape index (κ3) is 8.14. The van der Waals surface area contributed by atoms with E-state index in [0.717, 1.165) is 145 Å². The second-order valence-electron chi connectivity index (χ2n) is 19.5. The van der Waals surface area contributed by atoms with Crippen molar-refractivity contribution in [1.29, 1.82) is 0 Å². The SMILES string of the molecule is c1ccc(-c2cc(-c3ccc4oc5c(-c6ccc(-c7ccnc8c7oc7ccc(-c9cc(-c%10ccccn%10)c(-c%10ccccn%10)c(-c%10ccccn%10)c9)cc78)cc6)ccnc5c4c3)cc(-c3ccccn3)c2-c2ccccn2)nc1. The van der Waals surface area contributed by atoms with Gasteiger partial charge in [0, 0.05) is 105 Å². The quantitative estimate of drug-likeness (QED) is 0.131. The molecule has 0 N–H and O–H groups in total. The first-order chi connectivity index (χ1) is 39.7. The number of aromatic nitrogens is 8. The smallest absolute Gasteiger partial charge is 0.161 e. The van der Waals surface area contributed by atoms with Crippen LogP contribution in [0.2, 0.25) is 0 Å². The minimum Gasteiger partial charge on any atom is -0.454 e. The highest BCUT2D eigenvalue weighted by atomic mass is 16.3. The number of hydrogen-bond acceptors (Lipinski definition) is 10. The molecule has 0 spiro atoms. The molecule has 10 heterocycles. The first-order valence-electron chi connectivity index (χ1n) is 26.3. The molecular weight excluding hydrogens is 985 g/mol. The highest BCUT2D eigenvalue weighted by Gasteiger charge is 2.23. The van der Waals surface area contributed by atoms with Gasteiger partial charge in [-0.25, -0.2) is 0 Å².